The van der Waals surface area contributed by atoms with E-state index in [2.05, 4.69) is 58.3 Å². The van der Waals surface area contributed by atoms with Gasteiger partial charge in [-0.25, -0.2) is 0 Å². The molecule has 1 unspecified atom stereocenters. The highest BCUT2D eigenvalue weighted by Gasteiger charge is 2.09. The average Bonchev–Trinajstić information content (AvgIpc) is 2.37. The van der Waals surface area contributed by atoms with E-state index in [0.29, 0.717) is 6.04 Å². The summed E-state index contributed by atoms with van der Waals surface area (Å²) in [5, 5.41) is 3.24. The van der Waals surface area contributed by atoms with Crippen molar-refractivity contribution < 1.29 is 4.74 Å². The third kappa shape index (κ3) is 4.26. The number of nitrogens with zero attached hydrogens (tertiary/aromatic N) is 1. The van der Waals surface area contributed by atoms with Crippen LogP contribution in [0, 0.1) is 0 Å². The topological polar surface area (TPSA) is 24.5 Å². The van der Waals surface area contributed by atoms with Crippen molar-refractivity contribution in [2.75, 3.05) is 38.8 Å². The van der Waals surface area contributed by atoms with Gasteiger partial charge in [-0.2, -0.15) is 0 Å². The van der Waals surface area contributed by atoms with Crippen LogP contribution in [-0.2, 0) is 4.74 Å². The number of halogens is 1. The maximum absolute atomic E-state index is 5.38. The van der Waals surface area contributed by atoms with E-state index in [-0.39, 0.29) is 0 Å². The van der Waals surface area contributed by atoms with Crippen LogP contribution in [0.5, 0.6) is 0 Å². The molecule has 0 saturated carbocycles. The lowest BCUT2D eigenvalue weighted by Gasteiger charge is -2.22. The normalized spacial score (nSPS) is 12.5. The number of hydrogen-bond donors (Lipinski definition) is 1. The first-order chi connectivity index (χ1) is 8.60. The highest BCUT2D eigenvalue weighted by Crippen LogP contribution is 2.28. The van der Waals surface area contributed by atoms with E-state index in [4.69, 9.17) is 4.74 Å². The lowest BCUT2D eigenvalue weighted by Crippen LogP contribution is -2.23. The van der Waals surface area contributed by atoms with Crippen molar-refractivity contribution in [3.8, 4) is 0 Å². The number of hydrogen-bond acceptors (Lipinski definition) is 3. The van der Waals surface area contributed by atoms with Crippen LogP contribution in [0.1, 0.15) is 25.5 Å². The molecule has 0 aliphatic carbocycles. The molecule has 0 amide bonds. The highest BCUT2D eigenvalue weighted by atomic mass is 79.9. The van der Waals surface area contributed by atoms with Gasteiger partial charge in [-0.15, -0.1) is 0 Å². The monoisotopic (exact) mass is 314 g/mol. The van der Waals surface area contributed by atoms with Crippen molar-refractivity contribution >= 4 is 21.6 Å². The molecule has 0 fully saturated rings. The van der Waals surface area contributed by atoms with Crippen LogP contribution < -0.4 is 10.2 Å². The largest absolute Gasteiger partial charge is 0.380 e. The van der Waals surface area contributed by atoms with E-state index in [9.17, 15) is 0 Å². The van der Waals surface area contributed by atoms with Gasteiger partial charge >= 0.3 is 0 Å². The molecule has 1 atom stereocenters. The summed E-state index contributed by atoms with van der Waals surface area (Å²) in [6, 6.07) is 6.86. The number of benzene rings is 1. The van der Waals surface area contributed by atoms with Gasteiger partial charge in [0, 0.05) is 30.7 Å². The summed E-state index contributed by atoms with van der Waals surface area (Å²) in [6.45, 7) is 6.60. The van der Waals surface area contributed by atoms with Gasteiger partial charge in [0.2, 0.25) is 0 Å². The molecule has 102 valence electrons. The Morgan fingerprint density at radius 2 is 2.17 bits per heavy atom. The molecule has 1 aromatic rings. The van der Waals surface area contributed by atoms with Gasteiger partial charge in [0.1, 0.15) is 0 Å². The minimum atomic E-state index is 0.365. The third-order valence-electron chi connectivity index (χ3n) is 3.09. The molecule has 1 N–H and O–H groups in total. The van der Waals surface area contributed by atoms with Crippen LogP contribution in [0.15, 0.2) is 22.7 Å². The number of rotatable bonds is 7. The fourth-order valence-corrected chi connectivity index (χ4v) is 2.43. The number of likely N-dealkylation sites (N-methyl/N-ethyl adjacent to an activating group) is 1. The van der Waals surface area contributed by atoms with E-state index in [1.807, 2.05) is 14.0 Å². The van der Waals surface area contributed by atoms with Crippen molar-refractivity contribution in [3.63, 3.8) is 0 Å². The molecule has 18 heavy (non-hydrogen) atoms. The summed E-state index contributed by atoms with van der Waals surface area (Å²) >= 11 is 3.64. The SMILES string of the molecule is CCOCCN(C)c1ccc(C(C)NC)cc1Br. The predicted octanol–water partition coefficient (Wildman–Crippen LogP) is 3.20. The van der Waals surface area contributed by atoms with E-state index in [0.717, 1.165) is 24.2 Å². The van der Waals surface area contributed by atoms with Crippen molar-refractivity contribution in [2.24, 2.45) is 0 Å². The smallest absolute Gasteiger partial charge is 0.0641 e. The van der Waals surface area contributed by atoms with E-state index in [1.54, 1.807) is 0 Å². The number of ether oxygens (including phenoxy) is 1. The Hall–Kier alpha value is -0.580. The third-order valence-corrected chi connectivity index (χ3v) is 3.73. The van der Waals surface area contributed by atoms with Gasteiger partial charge in [-0.1, -0.05) is 6.07 Å². The second kappa shape index (κ2) is 7.77. The van der Waals surface area contributed by atoms with Crippen molar-refractivity contribution in [2.45, 2.75) is 19.9 Å². The molecule has 1 rings (SSSR count). The van der Waals surface area contributed by atoms with Crippen LogP contribution >= 0.6 is 15.9 Å². The lowest BCUT2D eigenvalue weighted by atomic mass is 10.1. The summed E-state index contributed by atoms with van der Waals surface area (Å²) in [5.41, 5.74) is 2.48. The van der Waals surface area contributed by atoms with Crippen molar-refractivity contribution in [1.82, 2.24) is 5.32 Å². The van der Waals surface area contributed by atoms with Crippen LogP contribution in [0.25, 0.3) is 0 Å². The zero-order valence-electron chi connectivity index (χ0n) is 11.7. The minimum Gasteiger partial charge on any atom is -0.380 e. The molecule has 0 aromatic heterocycles. The van der Waals surface area contributed by atoms with Gasteiger partial charge in [0.25, 0.3) is 0 Å². The van der Waals surface area contributed by atoms with E-state index in [1.165, 1.54) is 11.3 Å². The van der Waals surface area contributed by atoms with Crippen LogP contribution in [-0.4, -0.2) is 33.9 Å². The summed E-state index contributed by atoms with van der Waals surface area (Å²) in [5.74, 6) is 0. The van der Waals surface area contributed by atoms with Crippen LogP contribution in [0.4, 0.5) is 5.69 Å². The zero-order chi connectivity index (χ0) is 13.5. The quantitative estimate of drug-likeness (QED) is 0.782. The molecule has 1 aromatic carbocycles. The molecule has 4 heteroatoms. The van der Waals surface area contributed by atoms with E-state index < -0.39 is 0 Å². The van der Waals surface area contributed by atoms with Gasteiger partial charge in [0.05, 0.1) is 12.3 Å². The average molecular weight is 315 g/mol. The summed E-state index contributed by atoms with van der Waals surface area (Å²) in [6.07, 6.45) is 0. The zero-order valence-corrected chi connectivity index (χ0v) is 13.3. The highest BCUT2D eigenvalue weighted by molar-refractivity contribution is 9.10. The standard InChI is InChI=1S/C14H23BrN2O/c1-5-18-9-8-17(4)14-7-6-12(10-13(14)15)11(2)16-3/h6-7,10-11,16H,5,8-9H2,1-4H3. The summed E-state index contributed by atoms with van der Waals surface area (Å²) in [7, 11) is 4.06. The molecule has 0 heterocycles. The fraction of sp³-hybridized carbons (Fsp3) is 0.571. The molecule has 0 saturated heterocycles. The second-order valence-corrected chi connectivity index (χ2v) is 5.19. The van der Waals surface area contributed by atoms with Gasteiger partial charge in [0.15, 0.2) is 0 Å². The van der Waals surface area contributed by atoms with Crippen molar-refractivity contribution in [3.05, 3.63) is 28.2 Å². The minimum absolute atomic E-state index is 0.365. The van der Waals surface area contributed by atoms with Crippen LogP contribution in [0.2, 0.25) is 0 Å². The lowest BCUT2D eigenvalue weighted by molar-refractivity contribution is 0.154. The summed E-state index contributed by atoms with van der Waals surface area (Å²) in [4.78, 5) is 2.20. The predicted molar refractivity (Wildman–Crippen MR) is 81.4 cm³/mol. The molecule has 0 radical (unpaired) electrons. The maximum Gasteiger partial charge on any atom is 0.0641 e. The Kier molecular flexibility index (Phi) is 6.68. The van der Waals surface area contributed by atoms with E-state index >= 15 is 0 Å². The molecule has 0 aliphatic rings. The van der Waals surface area contributed by atoms with Gasteiger partial charge in [-0.3, -0.25) is 0 Å². The second-order valence-electron chi connectivity index (χ2n) is 4.34. The molecule has 0 spiro atoms. The number of nitrogens with one attached hydrogen (secondary N) is 1. The van der Waals surface area contributed by atoms with Gasteiger partial charge in [-0.05, 0) is 54.5 Å². The maximum atomic E-state index is 5.38. The Labute approximate surface area is 119 Å². The molecular weight excluding hydrogens is 292 g/mol. The molecule has 3 nitrogen and oxygen atoms in total. The Bertz CT molecular complexity index is 371. The fourth-order valence-electron chi connectivity index (χ4n) is 1.73. The number of anilines is 1. The first-order valence-corrected chi connectivity index (χ1v) is 7.15. The first-order valence-electron chi connectivity index (χ1n) is 6.35. The Morgan fingerprint density at radius 1 is 1.44 bits per heavy atom. The van der Waals surface area contributed by atoms with Crippen LogP contribution in [0.3, 0.4) is 0 Å². The van der Waals surface area contributed by atoms with Crippen molar-refractivity contribution in [1.29, 1.82) is 0 Å². The summed E-state index contributed by atoms with van der Waals surface area (Å²) < 4.78 is 6.50. The molecular formula is C14H23BrN2O. The molecule has 0 bridgehead atoms. The molecule has 0 aliphatic heterocycles. The first kappa shape index (κ1) is 15.5. The van der Waals surface area contributed by atoms with Gasteiger partial charge < -0.3 is 15.0 Å². The Balaban J connectivity index is 2.72. The Morgan fingerprint density at radius 3 is 2.72 bits per heavy atom.